The molecular weight excluding hydrogens is 276 g/mol. The average molecular weight is 296 g/mol. The van der Waals surface area contributed by atoms with Gasteiger partial charge in [0.25, 0.3) is 0 Å². The van der Waals surface area contributed by atoms with E-state index in [-0.39, 0.29) is 5.75 Å². The fourth-order valence-corrected chi connectivity index (χ4v) is 2.89. The first-order chi connectivity index (χ1) is 10.7. The van der Waals surface area contributed by atoms with Crippen LogP contribution in [0.15, 0.2) is 40.6 Å². The number of aryl methyl sites for hydroxylation is 1. The molecule has 1 aliphatic carbocycles. The Morgan fingerprint density at radius 3 is 2.36 bits per heavy atom. The summed E-state index contributed by atoms with van der Waals surface area (Å²) >= 11 is 0. The molecule has 0 bridgehead atoms. The minimum atomic E-state index is 0.133. The number of hydrogen-bond donors (Lipinski definition) is 1. The molecule has 4 nitrogen and oxygen atoms in total. The lowest BCUT2D eigenvalue weighted by Gasteiger charge is -2.20. The topological polar surface area (TPSA) is 54.2 Å². The second-order valence-corrected chi connectivity index (χ2v) is 5.65. The average Bonchev–Trinajstić information content (AvgIpc) is 2.55. The number of ether oxygens (including phenoxy) is 1. The van der Waals surface area contributed by atoms with Crippen LogP contribution in [-0.4, -0.2) is 12.2 Å². The Balaban J connectivity index is 2.01. The zero-order valence-electron chi connectivity index (χ0n) is 13.0. The van der Waals surface area contributed by atoms with Crippen molar-refractivity contribution in [3.63, 3.8) is 0 Å². The third-order valence-electron chi connectivity index (χ3n) is 4.08. The van der Waals surface area contributed by atoms with E-state index in [4.69, 9.17) is 4.74 Å². The highest BCUT2D eigenvalue weighted by atomic mass is 16.5. The van der Waals surface area contributed by atoms with Crippen molar-refractivity contribution in [3.8, 4) is 11.5 Å². The summed E-state index contributed by atoms with van der Waals surface area (Å²) in [6, 6.07) is 9.49. The summed E-state index contributed by atoms with van der Waals surface area (Å²) in [5, 5.41) is 18.8. The van der Waals surface area contributed by atoms with Crippen LogP contribution in [-0.2, 0) is 12.8 Å². The predicted octanol–water partition coefficient (Wildman–Crippen LogP) is 5.00. The van der Waals surface area contributed by atoms with Crippen molar-refractivity contribution in [3.05, 3.63) is 47.0 Å². The number of azo groups is 1. The van der Waals surface area contributed by atoms with Gasteiger partial charge in [-0.15, -0.1) is 5.11 Å². The molecule has 1 N–H and O–H groups in total. The summed E-state index contributed by atoms with van der Waals surface area (Å²) in [5.41, 5.74) is 4.77. The monoisotopic (exact) mass is 296 g/mol. The number of fused-ring (bicyclic) bond motifs is 1. The van der Waals surface area contributed by atoms with Crippen LogP contribution < -0.4 is 4.74 Å². The Morgan fingerprint density at radius 1 is 1.00 bits per heavy atom. The van der Waals surface area contributed by atoms with Crippen LogP contribution >= 0.6 is 0 Å². The summed E-state index contributed by atoms with van der Waals surface area (Å²) in [7, 11) is 1.64. The van der Waals surface area contributed by atoms with Crippen LogP contribution in [0.1, 0.15) is 29.5 Å². The van der Waals surface area contributed by atoms with Crippen molar-refractivity contribution >= 4 is 11.4 Å². The molecule has 3 rings (SSSR count). The van der Waals surface area contributed by atoms with Crippen LogP contribution in [0.2, 0.25) is 0 Å². The lowest BCUT2D eigenvalue weighted by atomic mass is 9.89. The third kappa shape index (κ3) is 2.82. The van der Waals surface area contributed by atoms with Gasteiger partial charge in [-0.3, -0.25) is 0 Å². The zero-order valence-corrected chi connectivity index (χ0v) is 13.0. The van der Waals surface area contributed by atoms with Crippen LogP contribution in [0.3, 0.4) is 0 Å². The number of benzene rings is 2. The normalized spacial score (nSPS) is 14.1. The maximum Gasteiger partial charge on any atom is 0.147 e. The van der Waals surface area contributed by atoms with Gasteiger partial charge in [-0.2, -0.15) is 5.11 Å². The number of hydrogen-bond acceptors (Lipinski definition) is 4. The molecule has 22 heavy (non-hydrogen) atoms. The van der Waals surface area contributed by atoms with E-state index >= 15 is 0 Å². The first-order valence-corrected chi connectivity index (χ1v) is 7.59. The van der Waals surface area contributed by atoms with E-state index in [1.54, 1.807) is 13.2 Å². The molecule has 0 unspecified atom stereocenters. The van der Waals surface area contributed by atoms with E-state index in [1.165, 1.54) is 5.56 Å². The van der Waals surface area contributed by atoms with E-state index in [1.807, 2.05) is 31.2 Å². The highest BCUT2D eigenvalue weighted by Crippen LogP contribution is 2.43. The van der Waals surface area contributed by atoms with Crippen molar-refractivity contribution < 1.29 is 9.84 Å². The lowest BCUT2D eigenvalue weighted by Crippen LogP contribution is -2.05. The van der Waals surface area contributed by atoms with E-state index in [0.29, 0.717) is 5.69 Å². The van der Waals surface area contributed by atoms with E-state index in [2.05, 4.69) is 10.2 Å². The Kier molecular flexibility index (Phi) is 4.09. The maximum atomic E-state index is 10.3. The second-order valence-electron chi connectivity index (χ2n) is 5.65. The molecule has 0 saturated carbocycles. The van der Waals surface area contributed by atoms with E-state index in [9.17, 15) is 5.11 Å². The van der Waals surface area contributed by atoms with Gasteiger partial charge < -0.3 is 9.84 Å². The van der Waals surface area contributed by atoms with Crippen LogP contribution in [0.4, 0.5) is 11.4 Å². The highest BCUT2D eigenvalue weighted by Gasteiger charge is 2.21. The summed E-state index contributed by atoms with van der Waals surface area (Å²) in [4.78, 5) is 0. The van der Waals surface area contributed by atoms with Crippen molar-refractivity contribution in [2.75, 3.05) is 7.11 Å². The Morgan fingerprint density at radius 2 is 1.68 bits per heavy atom. The van der Waals surface area contributed by atoms with Crippen molar-refractivity contribution in [1.82, 2.24) is 0 Å². The molecule has 0 spiro atoms. The van der Waals surface area contributed by atoms with Gasteiger partial charge in [0.05, 0.1) is 12.8 Å². The van der Waals surface area contributed by atoms with Gasteiger partial charge in [0.1, 0.15) is 17.2 Å². The summed E-state index contributed by atoms with van der Waals surface area (Å²) in [5.74, 6) is 0.884. The SMILES string of the molecule is COc1cc(O)c(N=Nc2ccc(C)cc2)c2c1CCCC2. The molecule has 0 radical (unpaired) electrons. The number of phenols is 1. The Labute approximate surface area is 130 Å². The van der Waals surface area contributed by atoms with Crippen LogP contribution in [0.25, 0.3) is 0 Å². The Bertz CT molecular complexity index is 706. The highest BCUT2D eigenvalue weighted by molar-refractivity contribution is 5.65. The van der Waals surface area contributed by atoms with Gasteiger partial charge in [0.15, 0.2) is 0 Å². The minimum absolute atomic E-state index is 0.133. The molecule has 0 fully saturated rings. The van der Waals surface area contributed by atoms with E-state index in [0.717, 1.165) is 48.2 Å². The van der Waals surface area contributed by atoms with Crippen molar-refractivity contribution in [2.45, 2.75) is 32.6 Å². The lowest BCUT2D eigenvalue weighted by molar-refractivity contribution is 0.399. The first-order valence-electron chi connectivity index (χ1n) is 7.59. The Hall–Kier alpha value is -2.36. The summed E-state index contributed by atoms with van der Waals surface area (Å²) in [6.07, 6.45) is 4.11. The molecule has 0 heterocycles. The van der Waals surface area contributed by atoms with Crippen LogP contribution in [0.5, 0.6) is 11.5 Å². The van der Waals surface area contributed by atoms with Gasteiger partial charge >= 0.3 is 0 Å². The summed E-state index contributed by atoms with van der Waals surface area (Å²) < 4.78 is 5.39. The van der Waals surface area contributed by atoms with Crippen molar-refractivity contribution in [1.29, 1.82) is 0 Å². The standard InChI is InChI=1S/C18H20N2O2/c1-12-7-9-13(10-8-12)19-20-18-15-6-4-3-5-14(15)17(22-2)11-16(18)21/h7-11,21H,3-6H2,1-2H3. The number of aromatic hydroxyl groups is 1. The largest absolute Gasteiger partial charge is 0.505 e. The fourth-order valence-electron chi connectivity index (χ4n) is 2.89. The number of phenolic OH excluding ortho intramolecular Hbond substituents is 1. The van der Waals surface area contributed by atoms with Gasteiger partial charge in [0.2, 0.25) is 0 Å². The molecule has 114 valence electrons. The molecule has 0 amide bonds. The van der Waals surface area contributed by atoms with Gasteiger partial charge in [-0.25, -0.2) is 0 Å². The van der Waals surface area contributed by atoms with E-state index < -0.39 is 0 Å². The second kappa shape index (κ2) is 6.18. The smallest absolute Gasteiger partial charge is 0.147 e. The van der Waals surface area contributed by atoms with Crippen LogP contribution in [0, 0.1) is 6.92 Å². The quantitative estimate of drug-likeness (QED) is 0.810. The van der Waals surface area contributed by atoms with Gasteiger partial charge in [-0.05, 0) is 55.9 Å². The zero-order chi connectivity index (χ0) is 15.5. The molecule has 0 aromatic heterocycles. The number of nitrogens with zero attached hydrogens (tertiary/aromatic N) is 2. The minimum Gasteiger partial charge on any atom is -0.505 e. The first kappa shape index (κ1) is 14.6. The molecule has 0 aliphatic heterocycles. The fraction of sp³-hybridized carbons (Fsp3) is 0.333. The maximum absolute atomic E-state index is 10.3. The summed E-state index contributed by atoms with van der Waals surface area (Å²) in [6.45, 7) is 2.03. The third-order valence-corrected chi connectivity index (χ3v) is 4.08. The molecular formula is C18H20N2O2. The molecule has 1 aliphatic rings. The molecule has 0 atom stereocenters. The van der Waals surface area contributed by atoms with Crippen molar-refractivity contribution in [2.24, 2.45) is 10.2 Å². The van der Waals surface area contributed by atoms with Gasteiger partial charge in [0, 0.05) is 6.07 Å². The molecule has 2 aromatic carbocycles. The number of rotatable bonds is 3. The number of methoxy groups -OCH3 is 1. The molecule has 2 aromatic rings. The predicted molar refractivity (Wildman–Crippen MR) is 86.7 cm³/mol. The molecule has 0 saturated heterocycles. The molecule has 4 heteroatoms. The van der Waals surface area contributed by atoms with Gasteiger partial charge in [-0.1, -0.05) is 17.7 Å².